The van der Waals surface area contributed by atoms with Crippen LogP contribution in [0, 0.1) is 11.8 Å². The Morgan fingerprint density at radius 2 is 2.11 bits per heavy atom. The van der Waals surface area contributed by atoms with Gasteiger partial charge in [-0.25, -0.2) is 0 Å². The maximum Gasteiger partial charge on any atom is 0.312 e. The minimum atomic E-state index is -1.27. The van der Waals surface area contributed by atoms with E-state index in [0.29, 0.717) is 23.6 Å². The van der Waals surface area contributed by atoms with Crippen LogP contribution in [-0.2, 0) is 23.9 Å². The maximum atomic E-state index is 14.4. The molecule has 8 nitrogen and oxygen atoms in total. The lowest BCUT2D eigenvalue weighted by atomic mass is 9.70. The number of likely N-dealkylation sites (tertiary alicyclic amines) is 1. The number of carbonyl (C=O) groups excluding carboxylic acids is 3. The zero-order valence-corrected chi connectivity index (χ0v) is 22.4. The standard InChI is InChI=1S/C26H30BrClN2O6/c1-4-11-29(18-10-8-7-9-17(18)28)24(33)22-26-13-16(27)21(36-26)19(25(34)35-12-5-2)20(26)23(32)30(22)15(6-3)14-31/h4-5,7-10,15-16,19-22,31H,1-2,6,11-14H2,3H3/t15-,16?,19+,20-,21+,22?,26?/m0/s1. The van der Waals surface area contributed by atoms with Crippen LogP contribution in [-0.4, -0.2) is 76.2 Å². The number of hydrogen-bond acceptors (Lipinski definition) is 6. The molecule has 36 heavy (non-hydrogen) atoms. The lowest BCUT2D eigenvalue weighted by molar-refractivity contribution is -0.154. The molecule has 0 saturated carbocycles. The average Bonchev–Trinajstić information content (AvgIpc) is 3.46. The third-order valence-corrected chi connectivity index (χ3v) is 8.54. The van der Waals surface area contributed by atoms with Gasteiger partial charge in [-0.2, -0.15) is 0 Å². The molecule has 0 aromatic heterocycles. The van der Waals surface area contributed by atoms with Gasteiger partial charge in [-0.3, -0.25) is 14.4 Å². The fraction of sp³-hybridized carbons (Fsp3) is 0.500. The number of esters is 1. The van der Waals surface area contributed by atoms with Gasteiger partial charge < -0.3 is 24.4 Å². The third-order valence-electron chi connectivity index (χ3n) is 7.37. The number of para-hydroxylation sites is 1. The van der Waals surface area contributed by atoms with Crippen molar-refractivity contribution in [1.82, 2.24) is 4.90 Å². The number of aliphatic hydroxyl groups is 1. The van der Waals surface area contributed by atoms with Gasteiger partial charge in [0.15, 0.2) is 0 Å². The van der Waals surface area contributed by atoms with Crippen LogP contribution in [0.5, 0.6) is 0 Å². The Labute approximate surface area is 224 Å². The van der Waals surface area contributed by atoms with E-state index in [0.717, 1.165) is 0 Å². The van der Waals surface area contributed by atoms with Crippen molar-refractivity contribution in [3.05, 3.63) is 54.6 Å². The van der Waals surface area contributed by atoms with E-state index in [1.165, 1.54) is 15.9 Å². The molecule has 3 aliphatic rings. The largest absolute Gasteiger partial charge is 0.461 e. The van der Waals surface area contributed by atoms with Gasteiger partial charge in [0.25, 0.3) is 5.91 Å². The molecule has 2 bridgehead atoms. The maximum absolute atomic E-state index is 14.4. The van der Waals surface area contributed by atoms with Gasteiger partial charge in [0.1, 0.15) is 18.2 Å². The summed E-state index contributed by atoms with van der Waals surface area (Å²) in [4.78, 5) is 44.1. The van der Waals surface area contributed by atoms with Crippen LogP contribution in [0.2, 0.25) is 5.02 Å². The molecule has 3 fully saturated rings. The molecule has 3 aliphatic heterocycles. The van der Waals surface area contributed by atoms with Gasteiger partial charge in [-0.1, -0.05) is 65.3 Å². The molecule has 3 heterocycles. The summed E-state index contributed by atoms with van der Waals surface area (Å²) in [7, 11) is 0. The van der Waals surface area contributed by atoms with Crippen molar-refractivity contribution in [3.8, 4) is 0 Å². The second-order valence-corrected chi connectivity index (χ2v) is 10.8. The number of nitrogens with zero attached hydrogens (tertiary/aromatic N) is 2. The highest BCUT2D eigenvalue weighted by Gasteiger charge is 2.77. The second-order valence-electron chi connectivity index (χ2n) is 9.26. The molecular formula is C26H30BrClN2O6. The number of hydrogen-bond donors (Lipinski definition) is 1. The van der Waals surface area contributed by atoms with Gasteiger partial charge in [-0.05, 0) is 25.0 Å². The van der Waals surface area contributed by atoms with Gasteiger partial charge in [0.2, 0.25) is 5.91 Å². The summed E-state index contributed by atoms with van der Waals surface area (Å²) in [5.41, 5.74) is -0.799. The highest BCUT2D eigenvalue weighted by atomic mass is 79.9. The van der Waals surface area contributed by atoms with Crippen molar-refractivity contribution >= 4 is 51.0 Å². The van der Waals surface area contributed by atoms with E-state index in [2.05, 4.69) is 29.1 Å². The van der Waals surface area contributed by atoms with E-state index >= 15 is 0 Å². The predicted molar refractivity (Wildman–Crippen MR) is 139 cm³/mol. The predicted octanol–water partition coefficient (Wildman–Crippen LogP) is 3.11. The summed E-state index contributed by atoms with van der Waals surface area (Å²) < 4.78 is 11.8. The fourth-order valence-corrected chi connectivity index (χ4v) is 7.10. The van der Waals surface area contributed by atoms with Crippen molar-refractivity contribution in [2.24, 2.45) is 11.8 Å². The van der Waals surface area contributed by atoms with Crippen LogP contribution < -0.4 is 4.90 Å². The zero-order valence-electron chi connectivity index (χ0n) is 20.0. The minimum absolute atomic E-state index is 0.00281. The Kier molecular flexibility index (Phi) is 7.95. The molecule has 194 valence electrons. The van der Waals surface area contributed by atoms with Crippen LogP contribution >= 0.6 is 27.5 Å². The van der Waals surface area contributed by atoms with Crippen LogP contribution in [0.1, 0.15) is 19.8 Å². The SMILES string of the molecule is C=CCOC(=O)[C@H]1[C@@H]2OC3(CC2Br)C(C(=O)N(CC=C)c2ccccc2Cl)N([C@@H](CC)CO)C(=O)[C@H]13. The first-order chi connectivity index (χ1) is 17.3. The van der Waals surface area contributed by atoms with E-state index in [9.17, 15) is 19.5 Å². The number of amides is 2. The van der Waals surface area contributed by atoms with Crippen LogP contribution in [0.3, 0.4) is 0 Å². The van der Waals surface area contributed by atoms with Crippen molar-refractivity contribution < 1.29 is 29.0 Å². The quantitative estimate of drug-likeness (QED) is 0.259. The number of halogens is 2. The molecule has 1 aromatic carbocycles. The van der Waals surface area contributed by atoms with Gasteiger partial charge in [0, 0.05) is 11.4 Å². The van der Waals surface area contributed by atoms with Crippen molar-refractivity contribution in [1.29, 1.82) is 0 Å². The van der Waals surface area contributed by atoms with Crippen LogP contribution in [0.15, 0.2) is 49.6 Å². The van der Waals surface area contributed by atoms with Gasteiger partial charge >= 0.3 is 5.97 Å². The highest BCUT2D eigenvalue weighted by molar-refractivity contribution is 9.09. The number of ether oxygens (including phenoxy) is 2. The van der Waals surface area contributed by atoms with Gasteiger partial charge in [0.05, 0.1) is 41.3 Å². The van der Waals surface area contributed by atoms with Crippen molar-refractivity contribution in [2.45, 2.75) is 48.4 Å². The Hall–Kier alpha value is -2.20. The highest BCUT2D eigenvalue weighted by Crippen LogP contribution is 2.61. The van der Waals surface area contributed by atoms with E-state index in [1.807, 2.05) is 6.92 Å². The number of fused-ring (bicyclic) bond motifs is 1. The second kappa shape index (κ2) is 10.7. The first-order valence-electron chi connectivity index (χ1n) is 12.0. The Bertz CT molecular complexity index is 1060. The minimum Gasteiger partial charge on any atom is -0.461 e. The summed E-state index contributed by atoms with van der Waals surface area (Å²) in [6.45, 7) is 9.01. The summed E-state index contributed by atoms with van der Waals surface area (Å²) in [5, 5.41) is 10.5. The monoisotopic (exact) mass is 580 g/mol. The van der Waals surface area contributed by atoms with E-state index < -0.39 is 53.4 Å². The number of anilines is 1. The van der Waals surface area contributed by atoms with E-state index in [4.69, 9.17) is 21.1 Å². The van der Waals surface area contributed by atoms with Crippen LogP contribution in [0.25, 0.3) is 0 Å². The lowest BCUT2D eigenvalue weighted by Crippen LogP contribution is -2.59. The summed E-state index contributed by atoms with van der Waals surface area (Å²) in [6.07, 6.45) is 3.17. The molecule has 1 aromatic rings. The molecule has 1 spiro atoms. The lowest BCUT2D eigenvalue weighted by Gasteiger charge is -2.39. The molecule has 1 N–H and O–H groups in total. The molecule has 3 saturated heterocycles. The number of alkyl halides is 1. The van der Waals surface area contributed by atoms with E-state index in [1.54, 1.807) is 30.3 Å². The molecule has 7 atom stereocenters. The number of rotatable bonds is 10. The van der Waals surface area contributed by atoms with E-state index in [-0.39, 0.29) is 24.6 Å². The first-order valence-corrected chi connectivity index (χ1v) is 13.3. The normalized spacial score (nSPS) is 31.2. The van der Waals surface area contributed by atoms with Crippen LogP contribution in [0.4, 0.5) is 5.69 Å². The Balaban J connectivity index is 1.84. The smallest absolute Gasteiger partial charge is 0.312 e. The number of benzene rings is 1. The summed E-state index contributed by atoms with van der Waals surface area (Å²) in [5.74, 6) is -3.18. The van der Waals surface area contributed by atoms with Gasteiger partial charge in [-0.15, -0.1) is 6.58 Å². The summed E-state index contributed by atoms with van der Waals surface area (Å²) >= 11 is 10.1. The Morgan fingerprint density at radius 3 is 2.72 bits per heavy atom. The zero-order chi connectivity index (χ0) is 26.2. The molecule has 4 rings (SSSR count). The molecule has 10 heteroatoms. The topological polar surface area (TPSA) is 96.4 Å². The molecule has 3 unspecified atom stereocenters. The number of carbonyl (C=O) groups is 3. The first kappa shape index (κ1) is 26.9. The summed E-state index contributed by atoms with van der Waals surface area (Å²) in [6, 6.07) is 5.22. The molecular weight excluding hydrogens is 552 g/mol. The Morgan fingerprint density at radius 1 is 1.39 bits per heavy atom. The molecule has 2 amide bonds. The van der Waals surface area contributed by atoms with Crippen molar-refractivity contribution in [3.63, 3.8) is 0 Å². The average molecular weight is 582 g/mol. The number of aliphatic hydroxyl groups excluding tert-OH is 1. The third kappa shape index (κ3) is 4.10. The molecule has 0 radical (unpaired) electrons. The molecule has 0 aliphatic carbocycles. The fourth-order valence-electron chi connectivity index (χ4n) is 5.91. The van der Waals surface area contributed by atoms with Crippen molar-refractivity contribution in [2.75, 3.05) is 24.7 Å².